The molecule has 0 aromatic heterocycles. The molecule has 112 valence electrons. The minimum atomic E-state index is -0.211. The van der Waals surface area contributed by atoms with Crippen LogP contribution in [0.25, 0.3) is 0 Å². The van der Waals surface area contributed by atoms with Crippen LogP contribution in [-0.2, 0) is 14.3 Å². The molecule has 2 bridgehead atoms. The highest BCUT2D eigenvalue weighted by Crippen LogP contribution is 2.52. The summed E-state index contributed by atoms with van der Waals surface area (Å²) in [7, 11) is 0. The molecule has 2 aliphatic rings. The van der Waals surface area contributed by atoms with E-state index < -0.39 is 0 Å². The Bertz CT molecular complexity index is 438. The molecule has 20 heavy (non-hydrogen) atoms. The van der Waals surface area contributed by atoms with Crippen molar-refractivity contribution in [3.05, 3.63) is 23.8 Å². The lowest BCUT2D eigenvalue weighted by Crippen LogP contribution is -2.56. The van der Waals surface area contributed by atoms with E-state index in [9.17, 15) is 4.79 Å². The normalized spacial score (nSPS) is 40.5. The molecule has 2 rings (SSSR count). The van der Waals surface area contributed by atoms with Crippen molar-refractivity contribution in [1.82, 2.24) is 0 Å². The van der Waals surface area contributed by atoms with Crippen molar-refractivity contribution in [1.29, 1.82) is 0 Å². The Morgan fingerprint density at radius 1 is 1.55 bits per heavy atom. The van der Waals surface area contributed by atoms with Gasteiger partial charge in [0.1, 0.15) is 0 Å². The van der Waals surface area contributed by atoms with Gasteiger partial charge in [-0.3, -0.25) is 4.79 Å². The molecule has 1 aliphatic carbocycles. The Balaban J connectivity index is 2.32. The van der Waals surface area contributed by atoms with Crippen LogP contribution in [0, 0.1) is 23.2 Å². The van der Waals surface area contributed by atoms with Crippen LogP contribution in [0.5, 0.6) is 0 Å². The van der Waals surface area contributed by atoms with E-state index in [4.69, 9.17) is 9.47 Å². The third-order valence-electron chi connectivity index (χ3n) is 5.22. The topological polar surface area (TPSA) is 35.5 Å². The summed E-state index contributed by atoms with van der Waals surface area (Å²) in [5.41, 5.74) is 1.31. The number of ether oxygens (including phenoxy) is 2. The fraction of sp³-hybridized carbons (Fsp3) is 0.706. The van der Waals surface area contributed by atoms with Gasteiger partial charge in [0.15, 0.2) is 0 Å². The Morgan fingerprint density at radius 3 is 2.85 bits per heavy atom. The summed E-state index contributed by atoms with van der Waals surface area (Å²) in [6.07, 6.45) is 6.68. The fourth-order valence-electron chi connectivity index (χ4n) is 3.91. The number of carbonyl (C=O) groups is 1. The first-order valence-electron chi connectivity index (χ1n) is 7.48. The van der Waals surface area contributed by atoms with E-state index in [-0.39, 0.29) is 17.5 Å². The lowest BCUT2D eigenvalue weighted by molar-refractivity contribution is -0.171. The standard InChI is InChI=1S/C17H26O3/c1-6-7-15-16-11(2)8-12(3)17(10-20-15,13(16)4)9-19-14(5)18/h6-8,12-13,15-16H,9-10H2,1-5H3/b7-6+/t12-,13+,15+,16-,17+/m1/s1. The van der Waals surface area contributed by atoms with Gasteiger partial charge in [-0.25, -0.2) is 0 Å². The molecule has 3 heteroatoms. The van der Waals surface area contributed by atoms with Crippen molar-refractivity contribution in [3.8, 4) is 0 Å². The highest BCUT2D eigenvalue weighted by Gasteiger charge is 2.53. The average molecular weight is 278 g/mol. The highest BCUT2D eigenvalue weighted by atomic mass is 16.5. The first-order chi connectivity index (χ1) is 9.42. The second kappa shape index (κ2) is 5.72. The summed E-state index contributed by atoms with van der Waals surface area (Å²) >= 11 is 0. The molecule has 1 saturated heterocycles. The van der Waals surface area contributed by atoms with Crippen LogP contribution in [0.3, 0.4) is 0 Å². The lowest BCUT2D eigenvalue weighted by atomic mass is 9.56. The average Bonchev–Trinajstić information content (AvgIpc) is 2.36. The molecule has 5 atom stereocenters. The number of rotatable bonds is 3. The number of allylic oxidation sites excluding steroid dienone is 2. The first-order valence-corrected chi connectivity index (χ1v) is 7.48. The van der Waals surface area contributed by atoms with Crippen LogP contribution < -0.4 is 0 Å². The van der Waals surface area contributed by atoms with Crippen LogP contribution in [0.4, 0.5) is 0 Å². The van der Waals surface area contributed by atoms with Gasteiger partial charge in [-0.2, -0.15) is 0 Å². The molecule has 1 fully saturated rings. The van der Waals surface area contributed by atoms with Crippen molar-refractivity contribution >= 4 is 5.97 Å². The number of hydrogen-bond acceptors (Lipinski definition) is 3. The number of fused-ring (bicyclic) bond motifs is 2. The maximum atomic E-state index is 11.2. The molecule has 0 spiro atoms. The summed E-state index contributed by atoms with van der Waals surface area (Å²) in [5.74, 6) is 0.973. The van der Waals surface area contributed by atoms with Crippen LogP contribution in [0.15, 0.2) is 23.8 Å². The zero-order valence-electron chi connectivity index (χ0n) is 13.2. The van der Waals surface area contributed by atoms with Crippen molar-refractivity contribution in [3.63, 3.8) is 0 Å². The maximum Gasteiger partial charge on any atom is 0.302 e. The van der Waals surface area contributed by atoms with Crippen molar-refractivity contribution in [2.75, 3.05) is 13.2 Å². The van der Waals surface area contributed by atoms with E-state index in [0.29, 0.717) is 31.0 Å². The molecule has 0 aromatic carbocycles. The van der Waals surface area contributed by atoms with Gasteiger partial charge in [-0.05, 0) is 25.7 Å². The number of esters is 1. The van der Waals surface area contributed by atoms with Gasteiger partial charge < -0.3 is 9.47 Å². The number of hydrogen-bond donors (Lipinski definition) is 0. The summed E-state index contributed by atoms with van der Waals surface area (Å²) in [6, 6.07) is 0. The van der Waals surface area contributed by atoms with Gasteiger partial charge in [-0.1, -0.05) is 37.6 Å². The van der Waals surface area contributed by atoms with Crippen molar-refractivity contribution in [2.45, 2.75) is 40.7 Å². The van der Waals surface area contributed by atoms with Crippen LogP contribution in [-0.4, -0.2) is 25.3 Å². The van der Waals surface area contributed by atoms with E-state index in [2.05, 4.69) is 39.0 Å². The molecule has 0 unspecified atom stereocenters. The fourth-order valence-corrected chi connectivity index (χ4v) is 3.91. The van der Waals surface area contributed by atoms with E-state index in [1.165, 1.54) is 12.5 Å². The van der Waals surface area contributed by atoms with Gasteiger partial charge in [-0.15, -0.1) is 0 Å². The number of carbonyl (C=O) groups excluding carboxylic acids is 1. The van der Waals surface area contributed by atoms with Gasteiger partial charge in [0.2, 0.25) is 0 Å². The zero-order valence-corrected chi connectivity index (χ0v) is 13.2. The molecule has 3 nitrogen and oxygen atoms in total. The molecule has 0 aromatic rings. The SMILES string of the molecule is C/C=C/[C@@H]1OC[C@@]2(COC(C)=O)[C@H](C)C=C(C)[C@@H]1[C@@H]2C. The van der Waals surface area contributed by atoms with Gasteiger partial charge in [0.05, 0.1) is 19.3 Å². The maximum absolute atomic E-state index is 11.2. The van der Waals surface area contributed by atoms with E-state index in [1.807, 2.05) is 6.92 Å². The Labute approximate surface area is 122 Å². The van der Waals surface area contributed by atoms with E-state index in [0.717, 1.165) is 0 Å². The molecule has 0 saturated carbocycles. The van der Waals surface area contributed by atoms with Crippen molar-refractivity contribution < 1.29 is 14.3 Å². The van der Waals surface area contributed by atoms with Crippen LogP contribution in [0.2, 0.25) is 0 Å². The van der Waals surface area contributed by atoms with Crippen LogP contribution >= 0.6 is 0 Å². The molecule has 0 amide bonds. The Hall–Kier alpha value is -1.09. The second-order valence-electron chi connectivity index (χ2n) is 6.33. The predicted octanol–water partition coefficient (Wildman–Crippen LogP) is 3.36. The Kier molecular flexibility index (Phi) is 4.38. The highest BCUT2D eigenvalue weighted by molar-refractivity contribution is 5.65. The van der Waals surface area contributed by atoms with E-state index >= 15 is 0 Å². The van der Waals surface area contributed by atoms with Crippen LogP contribution in [0.1, 0.15) is 34.6 Å². The van der Waals surface area contributed by atoms with Gasteiger partial charge >= 0.3 is 5.97 Å². The summed E-state index contributed by atoms with van der Waals surface area (Å²) in [6.45, 7) is 11.3. The molecule has 0 radical (unpaired) electrons. The summed E-state index contributed by atoms with van der Waals surface area (Å²) in [5, 5.41) is 0. The second-order valence-corrected chi connectivity index (χ2v) is 6.33. The molecule has 1 aliphatic heterocycles. The minimum absolute atomic E-state index is 0.0894. The molecular formula is C17H26O3. The quantitative estimate of drug-likeness (QED) is 0.586. The molecule has 1 heterocycles. The largest absolute Gasteiger partial charge is 0.465 e. The molecular weight excluding hydrogens is 252 g/mol. The monoisotopic (exact) mass is 278 g/mol. The summed E-state index contributed by atoms with van der Waals surface area (Å²) in [4.78, 5) is 11.2. The lowest BCUT2D eigenvalue weighted by Gasteiger charge is -2.54. The smallest absolute Gasteiger partial charge is 0.302 e. The van der Waals surface area contributed by atoms with Crippen molar-refractivity contribution in [2.24, 2.45) is 23.2 Å². The van der Waals surface area contributed by atoms with Gasteiger partial charge in [0, 0.05) is 18.3 Å². The first kappa shape index (κ1) is 15.3. The molecule has 0 N–H and O–H groups in total. The summed E-state index contributed by atoms with van der Waals surface area (Å²) < 4.78 is 11.5. The van der Waals surface area contributed by atoms with E-state index in [1.54, 1.807) is 0 Å². The predicted molar refractivity (Wildman–Crippen MR) is 79.2 cm³/mol. The Morgan fingerprint density at radius 2 is 2.25 bits per heavy atom. The minimum Gasteiger partial charge on any atom is -0.465 e. The third kappa shape index (κ3) is 2.44. The van der Waals surface area contributed by atoms with Gasteiger partial charge in [0.25, 0.3) is 0 Å². The zero-order chi connectivity index (χ0) is 14.9. The third-order valence-corrected chi connectivity index (χ3v) is 5.22.